The molecule has 110 valence electrons. The molecular formula is C17H21N3O. The van der Waals surface area contributed by atoms with Gasteiger partial charge in [-0.05, 0) is 36.8 Å². The average molecular weight is 283 g/mol. The molecule has 4 heteroatoms. The van der Waals surface area contributed by atoms with Gasteiger partial charge in [-0.15, -0.1) is 6.58 Å². The minimum Gasteiger partial charge on any atom is -0.353 e. The number of aromatic nitrogens is 1. The van der Waals surface area contributed by atoms with E-state index in [0.29, 0.717) is 13.1 Å². The number of anilines is 1. The second kappa shape index (κ2) is 6.79. The molecule has 0 saturated heterocycles. The zero-order valence-electron chi connectivity index (χ0n) is 12.5. The van der Waals surface area contributed by atoms with Gasteiger partial charge in [0.25, 0.3) is 0 Å². The van der Waals surface area contributed by atoms with E-state index in [0.717, 1.165) is 16.9 Å². The van der Waals surface area contributed by atoms with Crippen molar-refractivity contribution in [3.05, 3.63) is 66.5 Å². The predicted octanol–water partition coefficient (Wildman–Crippen LogP) is 3.55. The van der Waals surface area contributed by atoms with Crippen molar-refractivity contribution in [2.75, 3.05) is 11.9 Å². The monoisotopic (exact) mass is 283 g/mol. The number of hydrogen-bond donors (Lipinski definition) is 1. The lowest BCUT2D eigenvalue weighted by Gasteiger charge is -2.22. The van der Waals surface area contributed by atoms with E-state index in [2.05, 4.69) is 11.9 Å². The van der Waals surface area contributed by atoms with Crippen molar-refractivity contribution in [2.24, 2.45) is 7.05 Å². The van der Waals surface area contributed by atoms with Gasteiger partial charge in [-0.2, -0.15) is 0 Å². The fourth-order valence-electron chi connectivity index (χ4n) is 2.16. The maximum absolute atomic E-state index is 12.4. The molecule has 0 atom stereocenters. The highest BCUT2D eigenvalue weighted by Gasteiger charge is 2.14. The van der Waals surface area contributed by atoms with Crippen LogP contribution in [-0.2, 0) is 13.6 Å². The summed E-state index contributed by atoms with van der Waals surface area (Å²) in [7, 11) is 1.97. The maximum Gasteiger partial charge on any atom is 0.322 e. The standard InChI is InChI=1S/C17H21N3O/c1-4-10-20(13-16-9-6-11-19(16)3)17(21)18-15-8-5-7-14(2)12-15/h4-9,11-12H,1,10,13H2,2-3H3,(H,18,21). The van der Waals surface area contributed by atoms with Crippen LogP contribution in [0.25, 0.3) is 0 Å². The molecule has 0 spiro atoms. The smallest absolute Gasteiger partial charge is 0.322 e. The second-order valence-electron chi connectivity index (χ2n) is 5.08. The highest BCUT2D eigenvalue weighted by atomic mass is 16.2. The molecule has 0 radical (unpaired) electrons. The molecule has 1 aromatic heterocycles. The van der Waals surface area contributed by atoms with Gasteiger partial charge in [-0.1, -0.05) is 18.2 Å². The first kappa shape index (κ1) is 14.9. The Morgan fingerprint density at radius 2 is 2.19 bits per heavy atom. The van der Waals surface area contributed by atoms with E-state index >= 15 is 0 Å². The summed E-state index contributed by atoms with van der Waals surface area (Å²) in [5.41, 5.74) is 3.00. The number of nitrogens with one attached hydrogen (secondary N) is 1. The Labute approximate surface area is 125 Å². The Morgan fingerprint density at radius 3 is 2.81 bits per heavy atom. The van der Waals surface area contributed by atoms with Crippen molar-refractivity contribution in [3.8, 4) is 0 Å². The lowest BCUT2D eigenvalue weighted by molar-refractivity contribution is 0.214. The van der Waals surface area contributed by atoms with E-state index in [4.69, 9.17) is 0 Å². The van der Waals surface area contributed by atoms with Crippen LogP contribution in [0.3, 0.4) is 0 Å². The molecular weight excluding hydrogens is 262 g/mol. The van der Waals surface area contributed by atoms with Crippen LogP contribution in [0.5, 0.6) is 0 Å². The molecule has 2 rings (SSSR count). The van der Waals surface area contributed by atoms with E-state index < -0.39 is 0 Å². The summed E-state index contributed by atoms with van der Waals surface area (Å²) >= 11 is 0. The molecule has 4 nitrogen and oxygen atoms in total. The molecule has 0 aliphatic rings. The Kier molecular flexibility index (Phi) is 4.82. The number of carbonyl (C=O) groups is 1. The molecule has 0 aliphatic carbocycles. The summed E-state index contributed by atoms with van der Waals surface area (Å²) < 4.78 is 2.01. The van der Waals surface area contributed by atoms with Gasteiger partial charge in [0.05, 0.1) is 6.54 Å². The lowest BCUT2D eigenvalue weighted by Crippen LogP contribution is -2.35. The summed E-state index contributed by atoms with van der Waals surface area (Å²) in [4.78, 5) is 14.1. The van der Waals surface area contributed by atoms with Crippen molar-refractivity contribution in [2.45, 2.75) is 13.5 Å². The van der Waals surface area contributed by atoms with Crippen LogP contribution in [0.4, 0.5) is 10.5 Å². The van der Waals surface area contributed by atoms with Gasteiger partial charge in [0.2, 0.25) is 0 Å². The third-order valence-electron chi connectivity index (χ3n) is 3.31. The Morgan fingerprint density at radius 1 is 1.38 bits per heavy atom. The number of benzene rings is 1. The number of rotatable bonds is 5. The van der Waals surface area contributed by atoms with Gasteiger partial charge in [-0.25, -0.2) is 4.79 Å². The summed E-state index contributed by atoms with van der Waals surface area (Å²) in [6.45, 7) is 6.78. The first-order valence-corrected chi connectivity index (χ1v) is 6.94. The van der Waals surface area contributed by atoms with Crippen LogP contribution in [0.2, 0.25) is 0 Å². The second-order valence-corrected chi connectivity index (χ2v) is 5.08. The summed E-state index contributed by atoms with van der Waals surface area (Å²) in [6, 6.07) is 11.6. The van der Waals surface area contributed by atoms with Crippen molar-refractivity contribution in [3.63, 3.8) is 0 Å². The van der Waals surface area contributed by atoms with E-state index in [-0.39, 0.29) is 6.03 Å². The summed E-state index contributed by atoms with van der Waals surface area (Å²) in [5, 5.41) is 2.93. The fraction of sp³-hybridized carbons (Fsp3) is 0.235. The zero-order chi connectivity index (χ0) is 15.2. The molecule has 1 N–H and O–H groups in total. The average Bonchev–Trinajstić information content (AvgIpc) is 2.84. The maximum atomic E-state index is 12.4. The van der Waals surface area contributed by atoms with Crippen molar-refractivity contribution in [1.29, 1.82) is 0 Å². The van der Waals surface area contributed by atoms with Gasteiger partial charge < -0.3 is 14.8 Å². The SMILES string of the molecule is C=CCN(Cc1cccn1C)C(=O)Nc1cccc(C)c1. The minimum atomic E-state index is -0.123. The molecule has 0 saturated carbocycles. The third-order valence-corrected chi connectivity index (χ3v) is 3.31. The number of amides is 2. The number of hydrogen-bond acceptors (Lipinski definition) is 1. The van der Waals surface area contributed by atoms with Crippen molar-refractivity contribution >= 4 is 11.7 Å². The summed E-state index contributed by atoms with van der Waals surface area (Å²) in [6.07, 6.45) is 3.71. The highest BCUT2D eigenvalue weighted by molar-refractivity contribution is 5.89. The first-order chi connectivity index (χ1) is 10.1. The van der Waals surface area contributed by atoms with E-state index in [9.17, 15) is 4.79 Å². The Balaban J connectivity index is 2.08. The van der Waals surface area contributed by atoms with Crippen LogP contribution in [0.1, 0.15) is 11.3 Å². The van der Waals surface area contributed by atoms with E-state index in [1.807, 2.05) is 61.1 Å². The molecule has 2 amide bonds. The first-order valence-electron chi connectivity index (χ1n) is 6.94. The van der Waals surface area contributed by atoms with Crippen molar-refractivity contribution in [1.82, 2.24) is 9.47 Å². The van der Waals surface area contributed by atoms with Gasteiger partial charge >= 0.3 is 6.03 Å². The number of nitrogens with zero attached hydrogens (tertiary/aromatic N) is 2. The fourth-order valence-corrected chi connectivity index (χ4v) is 2.16. The quantitative estimate of drug-likeness (QED) is 0.837. The predicted molar refractivity (Wildman–Crippen MR) is 86.2 cm³/mol. The van der Waals surface area contributed by atoms with E-state index in [1.54, 1.807) is 11.0 Å². The zero-order valence-corrected chi connectivity index (χ0v) is 12.5. The van der Waals surface area contributed by atoms with Gasteiger partial charge in [0, 0.05) is 31.2 Å². The van der Waals surface area contributed by atoms with Crippen LogP contribution in [0, 0.1) is 6.92 Å². The third kappa shape index (κ3) is 3.99. The van der Waals surface area contributed by atoms with E-state index in [1.165, 1.54) is 0 Å². The number of carbonyl (C=O) groups excluding carboxylic acids is 1. The molecule has 0 bridgehead atoms. The molecule has 0 fully saturated rings. The molecule has 2 aromatic rings. The van der Waals surface area contributed by atoms with Crippen molar-refractivity contribution < 1.29 is 4.79 Å². The highest BCUT2D eigenvalue weighted by Crippen LogP contribution is 2.12. The minimum absolute atomic E-state index is 0.123. The van der Waals surface area contributed by atoms with Crippen LogP contribution < -0.4 is 5.32 Å². The topological polar surface area (TPSA) is 37.3 Å². The van der Waals surface area contributed by atoms with Crippen LogP contribution in [0.15, 0.2) is 55.3 Å². The van der Waals surface area contributed by atoms with Gasteiger partial charge in [-0.3, -0.25) is 0 Å². The van der Waals surface area contributed by atoms with Gasteiger partial charge in [0.1, 0.15) is 0 Å². The number of urea groups is 1. The lowest BCUT2D eigenvalue weighted by atomic mass is 10.2. The van der Waals surface area contributed by atoms with Crippen LogP contribution >= 0.6 is 0 Å². The molecule has 1 aromatic carbocycles. The Bertz CT molecular complexity index is 630. The number of aryl methyl sites for hydroxylation is 2. The summed E-state index contributed by atoms with van der Waals surface area (Å²) in [5.74, 6) is 0. The molecule has 0 unspecified atom stereocenters. The Hall–Kier alpha value is -2.49. The normalized spacial score (nSPS) is 10.2. The van der Waals surface area contributed by atoms with Gasteiger partial charge in [0.15, 0.2) is 0 Å². The molecule has 0 aliphatic heterocycles. The van der Waals surface area contributed by atoms with Crippen LogP contribution in [-0.4, -0.2) is 22.0 Å². The molecule has 1 heterocycles. The molecule has 21 heavy (non-hydrogen) atoms. The largest absolute Gasteiger partial charge is 0.353 e.